The fourth-order valence-electron chi connectivity index (χ4n) is 1.19. The largest absolute Gasteiger partial charge is 0.462 e. The summed E-state index contributed by atoms with van der Waals surface area (Å²) in [7, 11) is 0. The minimum Gasteiger partial charge on any atom is -0.462 e. The molecule has 94 valence electrons. The third kappa shape index (κ3) is 5.73. The van der Waals surface area contributed by atoms with E-state index in [0.29, 0.717) is 0 Å². The van der Waals surface area contributed by atoms with Crippen LogP contribution in [0.1, 0.15) is 40.5 Å². The van der Waals surface area contributed by atoms with Crippen molar-refractivity contribution in [2.45, 2.75) is 40.5 Å². The number of rotatable bonds is 7. The van der Waals surface area contributed by atoms with Gasteiger partial charge in [0, 0.05) is 0 Å². The quantitative estimate of drug-likeness (QED) is 0.497. The van der Waals surface area contributed by atoms with Gasteiger partial charge in [0.25, 0.3) is 0 Å². The molecule has 0 unspecified atom stereocenters. The molecular weight excluding hydrogens is 208 g/mol. The highest BCUT2D eigenvalue weighted by molar-refractivity contribution is 5.72. The molecule has 0 atom stereocenters. The summed E-state index contributed by atoms with van der Waals surface area (Å²) in [5.41, 5.74) is 0. The van der Waals surface area contributed by atoms with Crippen LogP contribution >= 0.6 is 0 Å². The molecule has 0 aliphatic heterocycles. The van der Waals surface area contributed by atoms with E-state index in [4.69, 9.17) is 9.47 Å². The second-order valence-corrected chi connectivity index (χ2v) is 4.00. The smallest absolute Gasteiger partial charge is 0.309 e. The monoisotopic (exact) mass is 230 g/mol. The van der Waals surface area contributed by atoms with Gasteiger partial charge in [0.05, 0.1) is 11.8 Å². The van der Waals surface area contributed by atoms with E-state index in [0.717, 1.165) is 12.8 Å². The number of ether oxygens (including phenoxy) is 2. The first-order valence-electron chi connectivity index (χ1n) is 5.86. The van der Waals surface area contributed by atoms with Crippen LogP contribution in [-0.4, -0.2) is 25.2 Å². The summed E-state index contributed by atoms with van der Waals surface area (Å²) in [5, 5.41) is 0. The lowest BCUT2D eigenvalue weighted by Gasteiger charge is -2.12. The molecule has 0 aromatic rings. The van der Waals surface area contributed by atoms with Gasteiger partial charge in [-0.25, -0.2) is 0 Å². The molecule has 4 nitrogen and oxygen atoms in total. The van der Waals surface area contributed by atoms with Crippen LogP contribution in [0, 0.1) is 11.8 Å². The Morgan fingerprint density at radius 1 is 0.938 bits per heavy atom. The first kappa shape index (κ1) is 14.9. The minimum atomic E-state index is -0.265. The maximum atomic E-state index is 11.4. The SMILES string of the molecule is CCC(CC)C(=O)OCCOC(=O)C(C)C. The fraction of sp³-hybridized carbons (Fsp3) is 0.833. The van der Waals surface area contributed by atoms with E-state index in [1.54, 1.807) is 13.8 Å². The first-order chi connectivity index (χ1) is 7.52. The van der Waals surface area contributed by atoms with Gasteiger partial charge in [-0.05, 0) is 12.8 Å². The van der Waals surface area contributed by atoms with Gasteiger partial charge < -0.3 is 9.47 Å². The average Bonchev–Trinajstić information content (AvgIpc) is 2.25. The summed E-state index contributed by atoms with van der Waals surface area (Å²) >= 11 is 0. The predicted octanol–water partition coefficient (Wildman–Crippen LogP) is 2.17. The molecule has 0 radical (unpaired) electrons. The molecule has 0 bridgehead atoms. The summed E-state index contributed by atoms with van der Waals surface area (Å²) in [6.45, 7) is 7.72. The van der Waals surface area contributed by atoms with Gasteiger partial charge in [-0.15, -0.1) is 0 Å². The summed E-state index contributed by atoms with van der Waals surface area (Å²) < 4.78 is 9.88. The van der Waals surface area contributed by atoms with Gasteiger partial charge in [-0.3, -0.25) is 9.59 Å². The molecule has 0 spiro atoms. The van der Waals surface area contributed by atoms with Crippen molar-refractivity contribution in [3.05, 3.63) is 0 Å². The Morgan fingerprint density at radius 3 is 1.75 bits per heavy atom. The molecule has 0 amide bonds. The number of hydrogen-bond donors (Lipinski definition) is 0. The molecular formula is C12H22O4. The van der Waals surface area contributed by atoms with Crippen molar-refractivity contribution in [2.75, 3.05) is 13.2 Å². The maximum absolute atomic E-state index is 11.4. The summed E-state index contributed by atoms with van der Waals surface area (Å²) in [6, 6.07) is 0. The minimum absolute atomic E-state index is 0.0409. The van der Waals surface area contributed by atoms with Crippen LogP contribution in [0.15, 0.2) is 0 Å². The Kier molecular flexibility index (Phi) is 7.60. The summed E-state index contributed by atoms with van der Waals surface area (Å²) in [4.78, 5) is 22.5. The van der Waals surface area contributed by atoms with Gasteiger partial charge >= 0.3 is 11.9 Å². The highest BCUT2D eigenvalue weighted by Crippen LogP contribution is 2.09. The van der Waals surface area contributed by atoms with E-state index >= 15 is 0 Å². The zero-order valence-corrected chi connectivity index (χ0v) is 10.6. The highest BCUT2D eigenvalue weighted by Gasteiger charge is 2.15. The molecule has 0 aliphatic carbocycles. The van der Waals surface area contributed by atoms with Crippen LogP contribution in [0.5, 0.6) is 0 Å². The molecule has 0 rings (SSSR count). The van der Waals surface area contributed by atoms with E-state index in [-0.39, 0.29) is 37.0 Å². The number of hydrogen-bond acceptors (Lipinski definition) is 4. The predicted molar refractivity (Wildman–Crippen MR) is 60.8 cm³/mol. The van der Waals surface area contributed by atoms with E-state index in [1.165, 1.54) is 0 Å². The van der Waals surface area contributed by atoms with Crippen molar-refractivity contribution in [1.29, 1.82) is 0 Å². The van der Waals surface area contributed by atoms with Crippen molar-refractivity contribution in [3.63, 3.8) is 0 Å². The highest BCUT2D eigenvalue weighted by atomic mass is 16.6. The van der Waals surface area contributed by atoms with E-state index in [9.17, 15) is 9.59 Å². The zero-order valence-electron chi connectivity index (χ0n) is 10.6. The first-order valence-corrected chi connectivity index (χ1v) is 5.86. The lowest BCUT2D eigenvalue weighted by molar-refractivity contribution is -0.156. The molecule has 0 heterocycles. The molecule has 0 fully saturated rings. The van der Waals surface area contributed by atoms with E-state index in [2.05, 4.69) is 0 Å². The Morgan fingerprint density at radius 2 is 1.38 bits per heavy atom. The van der Waals surface area contributed by atoms with Crippen molar-refractivity contribution in [1.82, 2.24) is 0 Å². The Bertz CT molecular complexity index is 219. The van der Waals surface area contributed by atoms with Crippen LogP contribution in [0.4, 0.5) is 0 Å². The molecule has 4 heteroatoms. The van der Waals surface area contributed by atoms with Gasteiger partial charge in [-0.2, -0.15) is 0 Å². The number of carbonyl (C=O) groups is 2. The van der Waals surface area contributed by atoms with Crippen LogP contribution < -0.4 is 0 Å². The third-order valence-electron chi connectivity index (χ3n) is 2.36. The van der Waals surface area contributed by atoms with Gasteiger partial charge in [-0.1, -0.05) is 27.7 Å². The number of esters is 2. The molecule has 0 aliphatic rings. The van der Waals surface area contributed by atoms with Crippen LogP contribution in [-0.2, 0) is 19.1 Å². The third-order valence-corrected chi connectivity index (χ3v) is 2.36. The fourth-order valence-corrected chi connectivity index (χ4v) is 1.19. The second kappa shape index (κ2) is 8.13. The average molecular weight is 230 g/mol. The van der Waals surface area contributed by atoms with E-state index < -0.39 is 0 Å². The maximum Gasteiger partial charge on any atom is 0.309 e. The van der Waals surface area contributed by atoms with Gasteiger partial charge in [0.1, 0.15) is 13.2 Å². The van der Waals surface area contributed by atoms with Crippen molar-refractivity contribution in [3.8, 4) is 0 Å². The van der Waals surface area contributed by atoms with Crippen LogP contribution in [0.25, 0.3) is 0 Å². The standard InChI is InChI=1S/C12H22O4/c1-5-10(6-2)12(14)16-8-7-15-11(13)9(3)4/h9-10H,5-8H2,1-4H3. The Hall–Kier alpha value is -1.06. The lowest BCUT2D eigenvalue weighted by Crippen LogP contribution is -2.21. The molecule has 0 aromatic heterocycles. The van der Waals surface area contributed by atoms with Crippen molar-refractivity contribution >= 4 is 11.9 Å². The van der Waals surface area contributed by atoms with Crippen molar-refractivity contribution < 1.29 is 19.1 Å². The second-order valence-electron chi connectivity index (χ2n) is 4.00. The molecule has 0 N–H and O–H groups in total. The molecule has 0 saturated heterocycles. The van der Waals surface area contributed by atoms with Gasteiger partial charge in [0.2, 0.25) is 0 Å². The summed E-state index contributed by atoms with van der Waals surface area (Å²) in [5.74, 6) is -0.653. The topological polar surface area (TPSA) is 52.6 Å². The van der Waals surface area contributed by atoms with E-state index in [1.807, 2.05) is 13.8 Å². The molecule has 0 aromatic carbocycles. The zero-order chi connectivity index (χ0) is 12.6. The molecule has 16 heavy (non-hydrogen) atoms. The normalized spacial score (nSPS) is 10.6. The van der Waals surface area contributed by atoms with Crippen molar-refractivity contribution in [2.24, 2.45) is 11.8 Å². The number of carbonyl (C=O) groups excluding carboxylic acids is 2. The Labute approximate surface area is 97.3 Å². The summed E-state index contributed by atoms with van der Waals surface area (Å²) in [6.07, 6.45) is 1.56. The lowest BCUT2D eigenvalue weighted by atomic mass is 10.0. The van der Waals surface area contributed by atoms with Crippen LogP contribution in [0.3, 0.4) is 0 Å². The Balaban J connectivity index is 3.66. The van der Waals surface area contributed by atoms with Crippen LogP contribution in [0.2, 0.25) is 0 Å². The molecule has 0 saturated carbocycles. The van der Waals surface area contributed by atoms with Gasteiger partial charge in [0.15, 0.2) is 0 Å².